The van der Waals surface area contributed by atoms with Crippen LogP contribution in [0, 0.1) is 0 Å². The zero-order valence-electron chi connectivity index (χ0n) is 8.21. The monoisotopic (exact) mass is 219 g/mol. The van der Waals surface area contributed by atoms with Crippen LogP contribution in [0.15, 0.2) is 30.3 Å². The van der Waals surface area contributed by atoms with Crippen LogP contribution in [0.1, 0.15) is 12.5 Å². The third-order valence-corrected chi connectivity index (χ3v) is 1.88. The number of hydrogen-bond acceptors (Lipinski definition) is 2. The van der Waals surface area contributed by atoms with Gasteiger partial charge in [-0.2, -0.15) is 13.2 Å². The Morgan fingerprint density at radius 2 is 1.73 bits per heavy atom. The van der Waals surface area contributed by atoms with E-state index in [0.29, 0.717) is 5.56 Å². The highest BCUT2D eigenvalue weighted by Gasteiger charge is 2.32. The van der Waals surface area contributed by atoms with Crippen LogP contribution in [0.25, 0.3) is 0 Å². The fraction of sp³-hybridized carbons (Fsp3) is 0.400. The highest BCUT2D eigenvalue weighted by atomic mass is 19.4. The van der Waals surface area contributed by atoms with Gasteiger partial charge in [0.25, 0.3) is 0 Å². The van der Waals surface area contributed by atoms with Crippen LogP contribution in [0.5, 0.6) is 0 Å². The minimum atomic E-state index is -4.37. The van der Waals surface area contributed by atoms with E-state index >= 15 is 0 Å². The summed E-state index contributed by atoms with van der Waals surface area (Å²) in [6, 6.07) is 8.38. The lowest BCUT2D eigenvalue weighted by Gasteiger charge is -2.26. The molecule has 5 heteroatoms. The first-order chi connectivity index (χ1) is 6.81. The Balaban J connectivity index is 2.68. The van der Waals surface area contributed by atoms with Crippen molar-refractivity contribution < 1.29 is 17.9 Å². The molecule has 2 nitrogen and oxygen atoms in total. The molecule has 0 saturated carbocycles. The third-order valence-electron chi connectivity index (χ3n) is 1.88. The van der Waals surface area contributed by atoms with Crippen molar-refractivity contribution in [3.63, 3.8) is 0 Å². The van der Waals surface area contributed by atoms with E-state index in [4.69, 9.17) is 5.73 Å². The fourth-order valence-corrected chi connectivity index (χ4v) is 1.08. The molecule has 0 aliphatic heterocycles. The number of nitrogens with two attached hydrogens (primary N) is 1. The maximum atomic E-state index is 11.9. The van der Waals surface area contributed by atoms with Gasteiger partial charge in [0, 0.05) is 0 Å². The number of alkyl halides is 3. The van der Waals surface area contributed by atoms with E-state index in [1.165, 1.54) is 6.92 Å². The van der Waals surface area contributed by atoms with Crippen LogP contribution < -0.4 is 5.73 Å². The first kappa shape index (κ1) is 12.0. The molecule has 1 aromatic carbocycles. The molecule has 0 bridgehead atoms. The van der Waals surface area contributed by atoms with Crippen molar-refractivity contribution in [3.05, 3.63) is 35.9 Å². The van der Waals surface area contributed by atoms with E-state index in [0.717, 1.165) is 0 Å². The molecule has 0 aromatic heterocycles. The van der Waals surface area contributed by atoms with Crippen LogP contribution in [0.4, 0.5) is 13.2 Å². The zero-order valence-corrected chi connectivity index (χ0v) is 8.21. The van der Waals surface area contributed by atoms with Gasteiger partial charge in [-0.3, -0.25) is 5.73 Å². The van der Waals surface area contributed by atoms with Gasteiger partial charge >= 0.3 is 6.18 Å². The molecule has 2 N–H and O–H groups in total. The SMILES string of the molecule is CC(N)(OCC(F)(F)F)c1ccccc1. The molecule has 0 fully saturated rings. The van der Waals surface area contributed by atoms with Crippen molar-refractivity contribution >= 4 is 0 Å². The smallest absolute Gasteiger partial charge is 0.347 e. The van der Waals surface area contributed by atoms with Crippen molar-refractivity contribution in [3.8, 4) is 0 Å². The Labute approximate surface area is 85.8 Å². The van der Waals surface area contributed by atoms with E-state index < -0.39 is 18.5 Å². The second-order valence-electron chi connectivity index (χ2n) is 3.38. The van der Waals surface area contributed by atoms with E-state index in [2.05, 4.69) is 4.74 Å². The zero-order chi connectivity index (χ0) is 11.5. The highest BCUT2D eigenvalue weighted by molar-refractivity contribution is 5.20. The normalized spacial score (nSPS) is 16.1. The van der Waals surface area contributed by atoms with Crippen LogP contribution in [-0.2, 0) is 10.5 Å². The molecule has 1 rings (SSSR count). The minimum absolute atomic E-state index is 0.509. The summed E-state index contributed by atoms with van der Waals surface area (Å²) >= 11 is 0. The molecule has 0 aliphatic rings. The van der Waals surface area contributed by atoms with E-state index in [-0.39, 0.29) is 0 Å². The number of benzene rings is 1. The van der Waals surface area contributed by atoms with Gasteiger partial charge in [0.05, 0.1) is 0 Å². The van der Waals surface area contributed by atoms with Crippen molar-refractivity contribution in [2.24, 2.45) is 5.73 Å². The Bertz CT molecular complexity index is 308. The summed E-state index contributed by atoms with van der Waals surface area (Å²) < 4.78 is 40.4. The summed E-state index contributed by atoms with van der Waals surface area (Å²) in [5.74, 6) is 0. The first-order valence-corrected chi connectivity index (χ1v) is 4.36. The molecule has 0 radical (unpaired) electrons. The standard InChI is InChI=1S/C10H12F3NO/c1-9(14,15-7-10(11,12)13)8-5-3-2-4-6-8/h2-6H,7,14H2,1H3. The topological polar surface area (TPSA) is 35.2 Å². The van der Waals surface area contributed by atoms with Gasteiger partial charge in [-0.1, -0.05) is 30.3 Å². The largest absolute Gasteiger partial charge is 0.411 e. The quantitative estimate of drug-likeness (QED) is 0.792. The molecule has 0 heterocycles. The van der Waals surface area contributed by atoms with Crippen LogP contribution in [0.3, 0.4) is 0 Å². The Morgan fingerprint density at radius 1 is 1.20 bits per heavy atom. The number of hydrogen-bond donors (Lipinski definition) is 1. The Hall–Kier alpha value is -1.07. The molecule has 0 aliphatic carbocycles. The number of rotatable bonds is 3. The van der Waals surface area contributed by atoms with Gasteiger partial charge in [-0.25, -0.2) is 0 Å². The van der Waals surface area contributed by atoms with E-state index in [1.54, 1.807) is 30.3 Å². The molecule has 1 unspecified atom stereocenters. The van der Waals surface area contributed by atoms with Crippen LogP contribution in [0.2, 0.25) is 0 Å². The second-order valence-corrected chi connectivity index (χ2v) is 3.38. The van der Waals surface area contributed by atoms with Gasteiger partial charge in [-0.05, 0) is 12.5 Å². The molecule has 15 heavy (non-hydrogen) atoms. The highest BCUT2D eigenvalue weighted by Crippen LogP contribution is 2.23. The molecule has 0 saturated heterocycles. The molecule has 0 amide bonds. The lowest BCUT2D eigenvalue weighted by Crippen LogP contribution is -2.39. The molecular weight excluding hydrogens is 207 g/mol. The molecular formula is C10H12F3NO. The lowest BCUT2D eigenvalue weighted by molar-refractivity contribution is -0.204. The van der Waals surface area contributed by atoms with E-state index in [9.17, 15) is 13.2 Å². The predicted octanol–water partition coefficient (Wildman–Crippen LogP) is 2.40. The maximum Gasteiger partial charge on any atom is 0.411 e. The average Bonchev–Trinajstić information content (AvgIpc) is 2.16. The van der Waals surface area contributed by atoms with Gasteiger partial charge in [0.2, 0.25) is 0 Å². The predicted molar refractivity (Wildman–Crippen MR) is 50.0 cm³/mol. The van der Waals surface area contributed by atoms with Crippen LogP contribution >= 0.6 is 0 Å². The molecule has 1 atom stereocenters. The van der Waals surface area contributed by atoms with Crippen molar-refractivity contribution in [1.82, 2.24) is 0 Å². The lowest BCUT2D eigenvalue weighted by atomic mass is 10.1. The Kier molecular flexibility index (Phi) is 3.36. The van der Waals surface area contributed by atoms with Gasteiger partial charge < -0.3 is 4.74 Å². The maximum absolute atomic E-state index is 11.9. The van der Waals surface area contributed by atoms with Crippen molar-refractivity contribution in [2.75, 3.05) is 6.61 Å². The summed E-state index contributed by atoms with van der Waals surface area (Å²) in [4.78, 5) is 0. The number of ether oxygens (including phenoxy) is 1. The second kappa shape index (κ2) is 4.20. The number of halogens is 3. The molecule has 0 spiro atoms. The van der Waals surface area contributed by atoms with Crippen LogP contribution in [-0.4, -0.2) is 12.8 Å². The third kappa shape index (κ3) is 3.89. The Morgan fingerprint density at radius 3 is 2.20 bits per heavy atom. The minimum Gasteiger partial charge on any atom is -0.347 e. The molecule has 84 valence electrons. The van der Waals surface area contributed by atoms with Gasteiger partial charge in [0.15, 0.2) is 0 Å². The van der Waals surface area contributed by atoms with Crippen molar-refractivity contribution in [1.29, 1.82) is 0 Å². The summed E-state index contributed by atoms with van der Waals surface area (Å²) in [5.41, 5.74) is 4.71. The summed E-state index contributed by atoms with van der Waals surface area (Å²) in [7, 11) is 0. The molecule has 1 aromatic rings. The van der Waals surface area contributed by atoms with Crippen molar-refractivity contribution in [2.45, 2.75) is 18.8 Å². The average molecular weight is 219 g/mol. The summed E-state index contributed by atoms with van der Waals surface area (Å²) in [5, 5.41) is 0. The van der Waals surface area contributed by atoms with E-state index in [1.807, 2.05) is 0 Å². The first-order valence-electron chi connectivity index (χ1n) is 4.36. The fourth-order valence-electron chi connectivity index (χ4n) is 1.08. The summed E-state index contributed by atoms with van der Waals surface area (Å²) in [6.07, 6.45) is -4.37. The van der Waals surface area contributed by atoms with Gasteiger partial charge in [-0.15, -0.1) is 0 Å². The van der Waals surface area contributed by atoms with Gasteiger partial charge in [0.1, 0.15) is 12.3 Å². The summed E-state index contributed by atoms with van der Waals surface area (Å²) in [6.45, 7) is 0.0446.